The third kappa shape index (κ3) is 3.08. The third-order valence-corrected chi connectivity index (χ3v) is 9.19. The number of halogens is 5. The Hall–Kier alpha value is -2.79. The highest BCUT2D eigenvalue weighted by atomic mass is 35.5. The SMILES string of the molecule is CN1C(=O)[C@H]2[C@H](CC=C3[C@H]2C[C@@]2(Cl)C(=O)N(C)C(=O)[C@@]2(Cl)[C@H]3c2cc(OC(F)(F)F)ccc2O)C1=O. The average molecular weight is 547 g/mol. The zero-order chi connectivity index (χ0) is 26.5. The number of aromatic hydroxyl groups is 1. The Morgan fingerprint density at radius 2 is 1.69 bits per heavy atom. The van der Waals surface area contributed by atoms with Crippen LogP contribution in [-0.4, -0.2) is 68.7 Å². The first kappa shape index (κ1) is 24.9. The molecule has 36 heavy (non-hydrogen) atoms. The van der Waals surface area contributed by atoms with E-state index in [1.165, 1.54) is 14.1 Å². The molecule has 192 valence electrons. The summed E-state index contributed by atoms with van der Waals surface area (Å²) in [6, 6.07) is 2.72. The lowest BCUT2D eigenvalue weighted by Crippen LogP contribution is -2.60. The quantitative estimate of drug-likeness (QED) is 0.347. The average Bonchev–Trinajstić information content (AvgIpc) is 3.09. The summed E-state index contributed by atoms with van der Waals surface area (Å²) < 4.78 is 42.8. The van der Waals surface area contributed by atoms with E-state index in [1.54, 1.807) is 6.08 Å². The Kier molecular flexibility index (Phi) is 5.26. The van der Waals surface area contributed by atoms with Gasteiger partial charge in [-0.1, -0.05) is 11.6 Å². The van der Waals surface area contributed by atoms with Gasteiger partial charge in [0.15, 0.2) is 9.75 Å². The molecule has 0 spiro atoms. The number of phenolic OH excluding ortho intramolecular Hbond substituents is 1. The van der Waals surface area contributed by atoms with Crippen molar-refractivity contribution >= 4 is 46.8 Å². The second kappa shape index (κ2) is 7.61. The minimum atomic E-state index is -5.05. The molecule has 1 saturated carbocycles. The third-order valence-electron chi connectivity index (χ3n) is 7.78. The predicted octanol–water partition coefficient (Wildman–Crippen LogP) is 2.91. The van der Waals surface area contributed by atoms with E-state index in [0.717, 1.165) is 28.0 Å². The van der Waals surface area contributed by atoms with Crippen molar-refractivity contribution in [3.05, 3.63) is 35.4 Å². The van der Waals surface area contributed by atoms with Gasteiger partial charge in [0.2, 0.25) is 11.8 Å². The van der Waals surface area contributed by atoms with Gasteiger partial charge < -0.3 is 9.84 Å². The number of phenols is 1. The van der Waals surface area contributed by atoms with Crippen LogP contribution in [0.3, 0.4) is 0 Å². The monoisotopic (exact) mass is 546 g/mol. The van der Waals surface area contributed by atoms with Crippen LogP contribution in [0.1, 0.15) is 24.3 Å². The van der Waals surface area contributed by atoms with E-state index in [4.69, 9.17) is 23.2 Å². The molecule has 0 bridgehead atoms. The molecule has 5 rings (SSSR count). The summed E-state index contributed by atoms with van der Waals surface area (Å²) in [4.78, 5) is 49.8. The van der Waals surface area contributed by atoms with Crippen molar-refractivity contribution in [2.75, 3.05) is 14.1 Å². The van der Waals surface area contributed by atoms with Crippen molar-refractivity contribution in [3.8, 4) is 11.5 Å². The zero-order valence-electron chi connectivity index (χ0n) is 18.8. The molecular weight excluding hydrogens is 528 g/mol. The van der Waals surface area contributed by atoms with E-state index in [2.05, 4.69) is 4.74 Å². The van der Waals surface area contributed by atoms with Gasteiger partial charge in [-0.05, 0) is 37.0 Å². The number of hydrogen-bond acceptors (Lipinski definition) is 6. The fourth-order valence-corrected chi connectivity index (χ4v) is 7.22. The number of benzene rings is 1. The van der Waals surface area contributed by atoms with Gasteiger partial charge >= 0.3 is 6.36 Å². The summed E-state index contributed by atoms with van der Waals surface area (Å²) in [6.45, 7) is 0. The summed E-state index contributed by atoms with van der Waals surface area (Å²) in [7, 11) is 2.52. The first-order valence-electron chi connectivity index (χ1n) is 10.9. The number of allylic oxidation sites excluding steroid dienone is 2. The normalized spacial score (nSPS) is 36.0. The maximum absolute atomic E-state index is 13.4. The molecule has 2 aliphatic heterocycles. The van der Waals surface area contributed by atoms with E-state index in [1.807, 2.05) is 0 Å². The maximum atomic E-state index is 13.4. The molecule has 2 heterocycles. The van der Waals surface area contributed by atoms with Crippen LogP contribution < -0.4 is 4.74 Å². The molecule has 2 aliphatic carbocycles. The second-order valence-corrected chi connectivity index (χ2v) is 10.7. The van der Waals surface area contributed by atoms with Crippen molar-refractivity contribution in [1.29, 1.82) is 0 Å². The van der Waals surface area contributed by atoms with E-state index in [0.29, 0.717) is 5.57 Å². The van der Waals surface area contributed by atoms with Gasteiger partial charge in [-0.3, -0.25) is 29.0 Å². The molecule has 0 aromatic heterocycles. The van der Waals surface area contributed by atoms with E-state index < -0.39 is 74.9 Å². The zero-order valence-corrected chi connectivity index (χ0v) is 20.3. The van der Waals surface area contributed by atoms with Gasteiger partial charge in [-0.15, -0.1) is 36.4 Å². The lowest BCUT2D eigenvalue weighted by Gasteiger charge is -2.50. The number of carbonyl (C=O) groups is 4. The predicted molar refractivity (Wildman–Crippen MR) is 118 cm³/mol. The lowest BCUT2D eigenvalue weighted by atomic mass is 9.56. The standard InChI is InChI=1S/C23H19Cl2F3N2O6/c1-29-17(32)11-5-4-10-13(15(11)18(29)33)8-21(24)19(34)30(2)20(35)22(21,25)16(10)12-7-9(3-6-14(12)31)36-23(26,27)28/h3-4,6-7,11,13,15-16,31H,5,8H2,1-2H3/t11-,13+,15-,16+,21+,22-/m0/s1. The number of carbonyl (C=O) groups excluding carboxylic acids is 4. The largest absolute Gasteiger partial charge is 0.573 e. The minimum Gasteiger partial charge on any atom is -0.508 e. The summed E-state index contributed by atoms with van der Waals surface area (Å²) in [5, 5.41) is 10.7. The highest BCUT2D eigenvalue weighted by Crippen LogP contribution is 2.66. The summed E-state index contributed by atoms with van der Waals surface area (Å²) in [5.74, 6) is -7.72. The van der Waals surface area contributed by atoms with Crippen molar-refractivity contribution in [3.63, 3.8) is 0 Å². The Balaban J connectivity index is 1.75. The number of alkyl halides is 5. The van der Waals surface area contributed by atoms with Crippen molar-refractivity contribution in [2.24, 2.45) is 17.8 Å². The minimum absolute atomic E-state index is 0.0989. The van der Waals surface area contributed by atoms with Crippen LogP contribution in [0.5, 0.6) is 11.5 Å². The highest BCUT2D eigenvalue weighted by molar-refractivity contribution is 6.53. The highest BCUT2D eigenvalue weighted by Gasteiger charge is 2.76. The first-order valence-corrected chi connectivity index (χ1v) is 11.7. The summed E-state index contributed by atoms with van der Waals surface area (Å²) in [6.07, 6.45) is -3.60. The summed E-state index contributed by atoms with van der Waals surface area (Å²) in [5.41, 5.74) is 0.114. The van der Waals surface area contributed by atoms with Crippen LogP contribution in [0.4, 0.5) is 13.2 Å². The van der Waals surface area contributed by atoms with Crippen LogP contribution >= 0.6 is 23.2 Å². The van der Waals surface area contributed by atoms with E-state index >= 15 is 0 Å². The van der Waals surface area contributed by atoms with Crippen molar-refractivity contribution in [1.82, 2.24) is 9.80 Å². The number of ether oxygens (including phenoxy) is 1. The molecule has 4 amide bonds. The topological polar surface area (TPSA) is 104 Å². The van der Waals surface area contributed by atoms with Gasteiger partial charge in [0.1, 0.15) is 11.5 Å². The molecule has 0 radical (unpaired) electrons. The van der Waals surface area contributed by atoms with Crippen LogP contribution in [0, 0.1) is 17.8 Å². The lowest BCUT2D eigenvalue weighted by molar-refractivity contribution is -0.274. The fraction of sp³-hybridized carbons (Fsp3) is 0.478. The van der Waals surface area contributed by atoms with Gasteiger partial charge in [0.05, 0.1) is 11.8 Å². The molecule has 13 heteroatoms. The smallest absolute Gasteiger partial charge is 0.508 e. The van der Waals surface area contributed by atoms with Crippen molar-refractivity contribution < 1.29 is 42.2 Å². The molecule has 0 unspecified atom stereocenters. The Bertz CT molecular complexity index is 1270. The van der Waals surface area contributed by atoms with Gasteiger partial charge in [0.25, 0.3) is 11.8 Å². The number of imide groups is 2. The van der Waals surface area contributed by atoms with Crippen LogP contribution in [0.2, 0.25) is 0 Å². The number of fused-ring (bicyclic) bond motifs is 4. The van der Waals surface area contributed by atoms with Gasteiger partial charge in [-0.25, -0.2) is 0 Å². The second-order valence-electron chi connectivity index (χ2n) is 9.50. The maximum Gasteiger partial charge on any atom is 0.573 e. The molecule has 1 aromatic carbocycles. The van der Waals surface area contributed by atoms with Crippen LogP contribution in [0.25, 0.3) is 0 Å². The van der Waals surface area contributed by atoms with Gasteiger partial charge in [0, 0.05) is 25.6 Å². The molecule has 2 saturated heterocycles. The van der Waals surface area contributed by atoms with E-state index in [9.17, 15) is 37.5 Å². The Morgan fingerprint density at radius 1 is 1.03 bits per heavy atom. The van der Waals surface area contributed by atoms with Crippen LogP contribution in [-0.2, 0) is 19.2 Å². The van der Waals surface area contributed by atoms with Gasteiger partial charge in [-0.2, -0.15) is 0 Å². The first-order chi connectivity index (χ1) is 16.6. The number of amides is 4. The Morgan fingerprint density at radius 3 is 2.33 bits per heavy atom. The molecule has 4 aliphatic rings. The Labute approximate surface area is 212 Å². The fourth-order valence-electron chi connectivity index (χ4n) is 6.21. The molecule has 1 N–H and O–H groups in total. The van der Waals surface area contributed by atoms with E-state index in [-0.39, 0.29) is 18.4 Å². The number of hydrogen-bond donors (Lipinski definition) is 1. The molecule has 6 atom stereocenters. The number of nitrogens with zero attached hydrogens (tertiary/aromatic N) is 2. The molecule has 1 aromatic rings. The number of rotatable bonds is 2. The summed E-state index contributed by atoms with van der Waals surface area (Å²) >= 11 is 13.8. The number of likely N-dealkylation sites (tertiary alicyclic amines) is 2. The molecule has 8 nitrogen and oxygen atoms in total. The van der Waals surface area contributed by atoms with Crippen molar-refractivity contribution in [2.45, 2.75) is 34.9 Å². The molecule has 3 fully saturated rings. The molecular formula is C23H19Cl2F3N2O6. The van der Waals surface area contributed by atoms with Crippen LogP contribution in [0.15, 0.2) is 29.8 Å².